The monoisotopic (exact) mass is 372 g/mol. The van der Waals surface area contributed by atoms with E-state index in [0.717, 1.165) is 21.9 Å². The number of hydrogen-bond acceptors (Lipinski definition) is 6. The minimum Gasteiger partial charge on any atom is -0.356 e. The van der Waals surface area contributed by atoms with Gasteiger partial charge in [-0.2, -0.15) is 5.10 Å². The second kappa shape index (κ2) is 7.65. The molecule has 1 N–H and O–H groups in total. The summed E-state index contributed by atoms with van der Waals surface area (Å²) in [6, 6.07) is 7.14. The van der Waals surface area contributed by atoms with Crippen LogP contribution in [0.25, 0.3) is 21.9 Å². The van der Waals surface area contributed by atoms with E-state index >= 15 is 0 Å². The topological polar surface area (TPSA) is 90.0 Å². The summed E-state index contributed by atoms with van der Waals surface area (Å²) in [5.74, 6) is 0.244. The van der Waals surface area contributed by atoms with Gasteiger partial charge in [0, 0.05) is 23.6 Å². The van der Waals surface area contributed by atoms with Crippen LogP contribution in [0.1, 0.15) is 23.9 Å². The van der Waals surface area contributed by atoms with Crippen LogP contribution in [0.4, 0.5) is 0 Å². The molecule has 3 rings (SSSR count). The fourth-order valence-electron chi connectivity index (χ4n) is 2.48. The maximum Gasteiger partial charge on any atom is 0.268 e. The molecule has 0 aromatic carbocycles. The molecule has 0 radical (unpaired) electrons. The first-order valence-electron chi connectivity index (χ1n) is 8.37. The van der Waals surface area contributed by atoms with Crippen LogP contribution in [0.2, 0.25) is 0 Å². The smallest absolute Gasteiger partial charge is 0.268 e. The summed E-state index contributed by atoms with van der Waals surface area (Å²) in [7, 11) is 0. The summed E-state index contributed by atoms with van der Waals surface area (Å²) >= 11 is 1.56. The molecule has 0 aliphatic carbocycles. The first kappa shape index (κ1) is 18.1. The molecule has 8 heteroatoms. The summed E-state index contributed by atoms with van der Waals surface area (Å²) in [4.78, 5) is 26.5. The molecule has 0 saturated heterocycles. The van der Waals surface area contributed by atoms with Gasteiger partial charge in [-0.3, -0.25) is 9.59 Å². The van der Waals surface area contributed by atoms with Gasteiger partial charge in [-0.1, -0.05) is 12.1 Å². The fourth-order valence-corrected chi connectivity index (χ4v) is 3.35. The number of aryl methyl sites for hydroxylation is 2. The van der Waals surface area contributed by atoms with Gasteiger partial charge in [-0.25, -0.2) is 4.68 Å². The fraction of sp³-hybridized carbons (Fsp3) is 0.333. The van der Waals surface area contributed by atoms with Crippen molar-refractivity contribution in [2.75, 3.05) is 6.54 Å². The third kappa shape index (κ3) is 3.91. The van der Waals surface area contributed by atoms with E-state index in [1.165, 1.54) is 10.7 Å². The lowest BCUT2D eigenvalue weighted by Gasteiger charge is -2.10. The summed E-state index contributed by atoms with van der Waals surface area (Å²) in [5, 5.41) is 11.1. The van der Waals surface area contributed by atoms with Crippen LogP contribution in [0.15, 0.2) is 33.6 Å². The van der Waals surface area contributed by atoms with E-state index in [0.29, 0.717) is 23.6 Å². The van der Waals surface area contributed by atoms with Crippen LogP contribution in [0.3, 0.4) is 0 Å². The van der Waals surface area contributed by atoms with Crippen molar-refractivity contribution in [2.24, 2.45) is 0 Å². The molecule has 3 aromatic heterocycles. The predicted octanol–water partition coefficient (Wildman–Crippen LogP) is 2.77. The number of amides is 1. The summed E-state index contributed by atoms with van der Waals surface area (Å²) in [6.45, 7) is 6.23. The maximum atomic E-state index is 12.5. The minimum absolute atomic E-state index is 0.119. The van der Waals surface area contributed by atoms with E-state index in [2.05, 4.69) is 15.6 Å². The highest BCUT2D eigenvalue weighted by atomic mass is 32.1. The van der Waals surface area contributed by atoms with Crippen LogP contribution in [-0.2, 0) is 11.3 Å². The quantitative estimate of drug-likeness (QED) is 0.718. The van der Waals surface area contributed by atoms with Crippen LogP contribution >= 0.6 is 11.3 Å². The zero-order valence-electron chi connectivity index (χ0n) is 14.9. The van der Waals surface area contributed by atoms with Gasteiger partial charge in [-0.15, -0.1) is 11.3 Å². The van der Waals surface area contributed by atoms with E-state index in [-0.39, 0.29) is 18.0 Å². The van der Waals surface area contributed by atoms with Crippen LogP contribution in [-0.4, -0.2) is 27.4 Å². The predicted molar refractivity (Wildman–Crippen MR) is 100 cm³/mol. The molecule has 0 fully saturated rings. The molecule has 0 spiro atoms. The number of thiophene rings is 1. The van der Waals surface area contributed by atoms with Gasteiger partial charge < -0.3 is 9.84 Å². The van der Waals surface area contributed by atoms with Crippen molar-refractivity contribution in [3.05, 3.63) is 45.2 Å². The summed E-state index contributed by atoms with van der Waals surface area (Å²) in [5.41, 5.74) is 1.53. The second-order valence-electron chi connectivity index (χ2n) is 6.00. The molecule has 136 valence electrons. The lowest BCUT2D eigenvalue weighted by molar-refractivity contribution is -0.121. The molecule has 0 aliphatic rings. The van der Waals surface area contributed by atoms with E-state index < -0.39 is 0 Å². The Kier molecular flexibility index (Phi) is 5.32. The molecule has 0 unspecified atom stereocenters. The molecule has 1 amide bonds. The maximum absolute atomic E-state index is 12.5. The largest absolute Gasteiger partial charge is 0.356 e. The van der Waals surface area contributed by atoms with Crippen molar-refractivity contribution in [2.45, 2.75) is 33.7 Å². The van der Waals surface area contributed by atoms with Gasteiger partial charge >= 0.3 is 0 Å². The Morgan fingerprint density at radius 1 is 1.31 bits per heavy atom. The second-order valence-corrected chi connectivity index (χ2v) is 7.28. The van der Waals surface area contributed by atoms with Crippen LogP contribution in [0.5, 0.6) is 0 Å². The molecule has 0 atom stereocenters. The molecule has 0 aliphatic heterocycles. The first-order chi connectivity index (χ1) is 12.5. The number of carbonyl (C=O) groups excluding carboxylic acids is 1. The average Bonchev–Trinajstić information content (AvgIpc) is 3.23. The molecule has 3 heterocycles. The number of nitrogens with one attached hydrogen (secondary N) is 1. The lowest BCUT2D eigenvalue weighted by atomic mass is 10.1. The normalized spacial score (nSPS) is 10.9. The average molecular weight is 372 g/mol. The number of rotatable bonds is 6. The standard InChI is InChI=1S/C18H20N4O3S/c1-4-7-19-16(23)10-22-17(24)9-13(14-8-11(2)21-25-14)18(20-22)15-6-5-12(3)26-15/h5-6,8-9H,4,7,10H2,1-3H3,(H,19,23). The van der Waals surface area contributed by atoms with Gasteiger partial charge in [0.1, 0.15) is 12.2 Å². The molecule has 26 heavy (non-hydrogen) atoms. The van der Waals surface area contributed by atoms with Crippen LogP contribution < -0.4 is 10.9 Å². The molecular formula is C18H20N4O3S. The van der Waals surface area contributed by atoms with Gasteiger partial charge in [0.2, 0.25) is 5.91 Å². The molecular weight excluding hydrogens is 352 g/mol. The number of hydrogen-bond donors (Lipinski definition) is 1. The Labute approximate surface area is 154 Å². The van der Waals surface area contributed by atoms with Crippen molar-refractivity contribution in [1.29, 1.82) is 0 Å². The Morgan fingerprint density at radius 2 is 2.12 bits per heavy atom. The summed E-state index contributed by atoms with van der Waals surface area (Å²) in [6.07, 6.45) is 0.831. The van der Waals surface area contributed by atoms with Gasteiger partial charge in [-0.05, 0) is 32.4 Å². The van der Waals surface area contributed by atoms with Gasteiger partial charge in [0.15, 0.2) is 5.76 Å². The summed E-state index contributed by atoms with van der Waals surface area (Å²) < 4.78 is 6.52. The Morgan fingerprint density at radius 3 is 2.73 bits per heavy atom. The third-order valence-corrected chi connectivity index (χ3v) is 4.74. The third-order valence-electron chi connectivity index (χ3n) is 3.73. The van der Waals surface area contributed by atoms with Crippen LogP contribution in [0, 0.1) is 13.8 Å². The minimum atomic E-state index is -0.363. The highest BCUT2D eigenvalue weighted by molar-refractivity contribution is 7.15. The Bertz CT molecular complexity index is 986. The number of aromatic nitrogens is 3. The lowest BCUT2D eigenvalue weighted by Crippen LogP contribution is -2.34. The number of carbonyl (C=O) groups is 1. The molecule has 3 aromatic rings. The van der Waals surface area contributed by atoms with Crippen molar-refractivity contribution < 1.29 is 9.32 Å². The van der Waals surface area contributed by atoms with Crippen molar-refractivity contribution in [1.82, 2.24) is 20.3 Å². The Balaban J connectivity index is 2.06. The van der Waals surface area contributed by atoms with Crippen molar-refractivity contribution >= 4 is 17.2 Å². The van der Waals surface area contributed by atoms with Crippen molar-refractivity contribution in [3.8, 4) is 21.9 Å². The van der Waals surface area contributed by atoms with Gasteiger partial charge in [0.25, 0.3) is 5.56 Å². The van der Waals surface area contributed by atoms with Gasteiger partial charge in [0.05, 0.1) is 16.1 Å². The SMILES string of the molecule is CCCNC(=O)Cn1nc(-c2ccc(C)s2)c(-c2cc(C)no2)cc1=O. The number of nitrogens with zero attached hydrogens (tertiary/aromatic N) is 3. The van der Waals surface area contributed by atoms with Crippen molar-refractivity contribution in [3.63, 3.8) is 0 Å². The molecule has 0 saturated carbocycles. The van der Waals surface area contributed by atoms with E-state index in [1.807, 2.05) is 32.9 Å². The van der Waals surface area contributed by atoms with E-state index in [1.54, 1.807) is 17.4 Å². The van der Waals surface area contributed by atoms with E-state index in [9.17, 15) is 9.59 Å². The zero-order valence-corrected chi connectivity index (χ0v) is 15.7. The molecule has 0 bridgehead atoms. The van der Waals surface area contributed by atoms with E-state index in [4.69, 9.17) is 4.52 Å². The molecule has 7 nitrogen and oxygen atoms in total. The highest BCUT2D eigenvalue weighted by Gasteiger charge is 2.18. The Hall–Kier alpha value is -2.74. The first-order valence-corrected chi connectivity index (χ1v) is 9.19. The highest BCUT2D eigenvalue weighted by Crippen LogP contribution is 2.33. The zero-order chi connectivity index (χ0) is 18.7.